The van der Waals surface area contributed by atoms with E-state index in [2.05, 4.69) is 10.3 Å². The van der Waals surface area contributed by atoms with Crippen molar-refractivity contribution in [3.05, 3.63) is 35.5 Å². The molecule has 3 rings (SSSR count). The van der Waals surface area contributed by atoms with Gasteiger partial charge in [-0.2, -0.15) is 0 Å². The lowest BCUT2D eigenvalue weighted by Gasteiger charge is -2.20. The minimum absolute atomic E-state index is 0.445. The second-order valence-electron chi connectivity index (χ2n) is 4.08. The lowest BCUT2D eigenvalue weighted by atomic mass is 9.93. The van der Waals surface area contributed by atoms with Gasteiger partial charge in [-0.15, -0.1) is 0 Å². The minimum atomic E-state index is -0.766. The summed E-state index contributed by atoms with van der Waals surface area (Å²) < 4.78 is 0. The normalized spacial score (nSPS) is 19.6. The summed E-state index contributed by atoms with van der Waals surface area (Å²) in [6.45, 7) is 1.22. The van der Waals surface area contributed by atoms with Gasteiger partial charge in [-0.25, -0.2) is 0 Å². The molecule has 0 aliphatic carbocycles. The van der Waals surface area contributed by atoms with E-state index in [1.54, 1.807) is 0 Å². The van der Waals surface area contributed by atoms with E-state index < -0.39 is 11.9 Å². The maximum atomic E-state index is 11.2. The fourth-order valence-corrected chi connectivity index (χ4v) is 2.41. The molecule has 4 heteroatoms. The first kappa shape index (κ1) is 9.42. The third-order valence-corrected chi connectivity index (χ3v) is 3.12. The molecule has 1 atom stereocenters. The Hall–Kier alpha value is -1.81. The standard InChI is InChI=1S/C12H12N2O2/c15-12(16)8-5-13-6-10-11(8)7-3-1-2-4-9(7)14-10/h1-4,8,13-14H,5-6H2,(H,15,16)/t8-/m1/s1. The molecule has 2 aromatic rings. The van der Waals surface area contributed by atoms with Gasteiger partial charge in [-0.3, -0.25) is 4.79 Å². The number of carbonyl (C=O) groups is 1. The number of hydrogen-bond acceptors (Lipinski definition) is 2. The third-order valence-electron chi connectivity index (χ3n) is 3.12. The van der Waals surface area contributed by atoms with Gasteiger partial charge in [0.15, 0.2) is 0 Å². The molecule has 1 aliphatic rings. The SMILES string of the molecule is O=C(O)[C@@H]1CNCc2[nH]c3ccccc3c21. The molecule has 1 aromatic heterocycles. The van der Waals surface area contributed by atoms with Gasteiger partial charge >= 0.3 is 5.97 Å². The monoisotopic (exact) mass is 216 g/mol. The zero-order chi connectivity index (χ0) is 11.1. The van der Waals surface area contributed by atoms with Crippen LogP contribution < -0.4 is 5.32 Å². The number of H-pyrrole nitrogens is 1. The second kappa shape index (κ2) is 3.35. The predicted octanol–water partition coefficient (Wildman–Crippen LogP) is 1.44. The molecule has 4 nitrogen and oxygen atoms in total. The number of benzene rings is 1. The molecule has 3 N–H and O–H groups in total. The van der Waals surface area contributed by atoms with Crippen LogP contribution in [0.15, 0.2) is 24.3 Å². The fourth-order valence-electron chi connectivity index (χ4n) is 2.41. The smallest absolute Gasteiger partial charge is 0.312 e. The van der Waals surface area contributed by atoms with Crippen molar-refractivity contribution in [2.24, 2.45) is 0 Å². The van der Waals surface area contributed by atoms with E-state index in [0.29, 0.717) is 13.1 Å². The van der Waals surface area contributed by atoms with Crippen molar-refractivity contribution < 1.29 is 9.90 Å². The van der Waals surface area contributed by atoms with Crippen LogP contribution in [0.5, 0.6) is 0 Å². The molecular weight excluding hydrogens is 204 g/mol. The van der Waals surface area contributed by atoms with Crippen LogP contribution in [-0.4, -0.2) is 22.6 Å². The van der Waals surface area contributed by atoms with Crippen molar-refractivity contribution in [3.63, 3.8) is 0 Å². The van der Waals surface area contributed by atoms with Gasteiger partial charge < -0.3 is 15.4 Å². The highest BCUT2D eigenvalue weighted by molar-refractivity contribution is 5.91. The minimum Gasteiger partial charge on any atom is -0.481 e. The zero-order valence-electron chi connectivity index (χ0n) is 8.66. The Kier molecular flexibility index (Phi) is 1.97. The van der Waals surface area contributed by atoms with E-state index in [1.165, 1.54) is 0 Å². The summed E-state index contributed by atoms with van der Waals surface area (Å²) in [5, 5.41) is 13.4. The van der Waals surface area contributed by atoms with Crippen molar-refractivity contribution in [2.75, 3.05) is 6.54 Å². The van der Waals surface area contributed by atoms with Crippen LogP contribution in [0.4, 0.5) is 0 Å². The van der Waals surface area contributed by atoms with E-state index in [1.807, 2.05) is 24.3 Å². The molecule has 0 saturated heterocycles. The summed E-state index contributed by atoms with van der Waals surface area (Å²) in [7, 11) is 0. The number of hydrogen-bond donors (Lipinski definition) is 3. The van der Waals surface area contributed by atoms with Gasteiger partial charge in [-0.05, 0) is 11.6 Å². The van der Waals surface area contributed by atoms with E-state index in [4.69, 9.17) is 0 Å². The van der Waals surface area contributed by atoms with Crippen LogP contribution in [0, 0.1) is 0 Å². The van der Waals surface area contributed by atoms with Crippen LogP contribution in [0.2, 0.25) is 0 Å². The molecule has 0 unspecified atom stereocenters. The van der Waals surface area contributed by atoms with Gasteiger partial charge in [0.25, 0.3) is 0 Å². The Balaban J connectivity index is 2.28. The van der Waals surface area contributed by atoms with E-state index in [9.17, 15) is 9.90 Å². The molecule has 0 amide bonds. The number of carboxylic acids is 1. The Labute approximate surface area is 92.3 Å². The Bertz CT molecular complexity index is 559. The Morgan fingerprint density at radius 1 is 1.38 bits per heavy atom. The van der Waals surface area contributed by atoms with Gasteiger partial charge in [0.1, 0.15) is 0 Å². The maximum Gasteiger partial charge on any atom is 0.312 e. The number of carboxylic acid groups (broad SMARTS) is 1. The van der Waals surface area contributed by atoms with Crippen LogP contribution in [-0.2, 0) is 11.3 Å². The largest absolute Gasteiger partial charge is 0.481 e. The molecule has 0 fully saturated rings. The van der Waals surface area contributed by atoms with Crippen LogP contribution in [0.25, 0.3) is 10.9 Å². The highest BCUT2D eigenvalue weighted by Gasteiger charge is 2.29. The van der Waals surface area contributed by atoms with Gasteiger partial charge in [-0.1, -0.05) is 18.2 Å². The maximum absolute atomic E-state index is 11.2. The van der Waals surface area contributed by atoms with Gasteiger partial charge in [0, 0.05) is 29.7 Å². The molecule has 82 valence electrons. The number of aromatic nitrogens is 1. The van der Waals surface area contributed by atoms with Crippen molar-refractivity contribution in [1.82, 2.24) is 10.3 Å². The van der Waals surface area contributed by atoms with Crippen molar-refractivity contribution >= 4 is 16.9 Å². The summed E-state index contributed by atoms with van der Waals surface area (Å²) in [5.74, 6) is -1.21. The van der Waals surface area contributed by atoms with E-state index in [0.717, 1.165) is 22.2 Å². The van der Waals surface area contributed by atoms with Crippen molar-refractivity contribution in [3.8, 4) is 0 Å². The first-order valence-electron chi connectivity index (χ1n) is 5.30. The first-order chi connectivity index (χ1) is 7.77. The summed E-state index contributed by atoms with van der Waals surface area (Å²) in [5.41, 5.74) is 2.96. The number of fused-ring (bicyclic) bond motifs is 3. The Morgan fingerprint density at radius 2 is 2.19 bits per heavy atom. The second-order valence-corrected chi connectivity index (χ2v) is 4.08. The Morgan fingerprint density at radius 3 is 3.00 bits per heavy atom. The molecular formula is C12H12N2O2. The average molecular weight is 216 g/mol. The van der Waals surface area contributed by atoms with Crippen LogP contribution >= 0.6 is 0 Å². The highest BCUT2D eigenvalue weighted by Crippen LogP contribution is 2.31. The number of aromatic amines is 1. The molecule has 16 heavy (non-hydrogen) atoms. The fraction of sp³-hybridized carbons (Fsp3) is 0.250. The van der Waals surface area contributed by atoms with Gasteiger partial charge in [0.05, 0.1) is 5.92 Å². The first-order valence-corrected chi connectivity index (χ1v) is 5.30. The summed E-state index contributed by atoms with van der Waals surface area (Å²) >= 11 is 0. The molecule has 0 spiro atoms. The van der Waals surface area contributed by atoms with Crippen LogP contribution in [0.3, 0.4) is 0 Å². The zero-order valence-corrected chi connectivity index (χ0v) is 8.66. The number of rotatable bonds is 1. The highest BCUT2D eigenvalue weighted by atomic mass is 16.4. The topological polar surface area (TPSA) is 65.1 Å². The van der Waals surface area contributed by atoms with E-state index >= 15 is 0 Å². The third kappa shape index (κ3) is 1.23. The molecule has 0 saturated carbocycles. The van der Waals surface area contributed by atoms with Gasteiger partial charge in [0.2, 0.25) is 0 Å². The molecule has 0 radical (unpaired) electrons. The number of para-hydroxylation sites is 1. The average Bonchev–Trinajstić information content (AvgIpc) is 2.66. The number of aliphatic carboxylic acids is 1. The lowest BCUT2D eigenvalue weighted by Crippen LogP contribution is -2.32. The molecule has 1 aromatic carbocycles. The number of nitrogens with one attached hydrogen (secondary N) is 2. The molecule has 0 bridgehead atoms. The lowest BCUT2D eigenvalue weighted by molar-refractivity contribution is -0.138. The molecule has 2 heterocycles. The molecule has 1 aliphatic heterocycles. The van der Waals surface area contributed by atoms with E-state index in [-0.39, 0.29) is 0 Å². The van der Waals surface area contributed by atoms with Crippen molar-refractivity contribution in [2.45, 2.75) is 12.5 Å². The summed E-state index contributed by atoms with van der Waals surface area (Å²) in [4.78, 5) is 14.5. The predicted molar refractivity (Wildman–Crippen MR) is 60.4 cm³/mol. The summed E-state index contributed by atoms with van der Waals surface area (Å²) in [6, 6.07) is 7.85. The van der Waals surface area contributed by atoms with Crippen molar-refractivity contribution in [1.29, 1.82) is 0 Å². The quantitative estimate of drug-likeness (QED) is 0.675. The summed E-state index contributed by atoms with van der Waals surface area (Å²) in [6.07, 6.45) is 0. The van der Waals surface area contributed by atoms with Crippen LogP contribution in [0.1, 0.15) is 17.2 Å².